The lowest BCUT2D eigenvalue weighted by Gasteiger charge is -2.21. The van der Waals surface area contributed by atoms with Crippen molar-refractivity contribution in [2.75, 3.05) is 20.3 Å². The lowest BCUT2D eigenvalue weighted by Crippen LogP contribution is -2.35. The minimum atomic E-state index is -0.771. The summed E-state index contributed by atoms with van der Waals surface area (Å²) in [7, 11) is 1.42. The molecular formula is C13H16ClFN2O3S. The first-order valence-corrected chi connectivity index (χ1v) is 7.69. The van der Waals surface area contributed by atoms with Crippen LogP contribution >= 0.6 is 23.5 Å². The summed E-state index contributed by atoms with van der Waals surface area (Å²) in [6, 6.07) is 2.62. The Balaban J connectivity index is 1.92. The highest BCUT2D eigenvalue weighted by Crippen LogP contribution is 2.25. The standard InChI is InChI=1S/C13H16ClFN2O3S/c1-19-8-6-10(12(15)11(14)7-8)13(18)16-17-21-9-2-4-20-5-3-9/h6-7,9,17H,2-5H2,1H3,(H,16,18). The van der Waals surface area contributed by atoms with Crippen LogP contribution in [0.15, 0.2) is 12.1 Å². The smallest absolute Gasteiger partial charge is 0.269 e. The Labute approximate surface area is 131 Å². The Morgan fingerprint density at radius 3 is 2.86 bits per heavy atom. The van der Waals surface area contributed by atoms with Crippen molar-refractivity contribution in [1.29, 1.82) is 0 Å². The quantitative estimate of drug-likeness (QED) is 0.640. The van der Waals surface area contributed by atoms with Gasteiger partial charge < -0.3 is 9.47 Å². The van der Waals surface area contributed by atoms with Crippen LogP contribution in [0.4, 0.5) is 4.39 Å². The van der Waals surface area contributed by atoms with Gasteiger partial charge in [0, 0.05) is 24.5 Å². The molecule has 0 unspecified atom stereocenters. The van der Waals surface area contributed by atoms with E-state index in [0.29, 0.717) is 24.2 Å². The van der Waals surface area contributed by atoms with E-state index < -0.39 is 11.7 Å². The third-order valence-corrected chi connectivity index (χ3v) is 4.34. The molecule has 0 aliphatic carbocycles. The Hall–Kier alpha value is -1.02. The zero-order chi connectivity index (χ0) is 15.2. The highest BCUT2D eigenvalue weighted by molar-refractivity contribution is 7.98. The molecule has 116 valence electrons. The van der Waals surface area contributed by atoms with E-state index in [1.807, 2.05) is 0 Å². The molecule has 1 aliphatic heterocycles. The molecule has 1 amide bonds. The molecule has 2 N–H and O–H groups in total. The maximum atomic E-state index is 13.9. The molecule has 0 radical (unpaired) electrons. The zero-order valence-corrected chi connectivity index (χ0v) is 13.0. The van der Waals surface area contributed by atoms with E-state index in [1.54, 1.807) is 0 Å². The summed E-state index contributed by atoms with van der Waals surface area (Å²) < 4.78 is 24.1. The molecule has 1 fully saturated rings. The summed E-state index contributed by atoms with van der Waals surface area (Å²) >= 11 is 7.11. The van der Waals surface area contributed by atoms with E-state index in [9.17, 15) is 9.18 Å². The van der Waals surface area contributed by atoms with Crippen LogP contribution in [0, 0.1) is 5.82 Å². The van der Waals surface area contributed by atoms with Crippen LogP contribution in [0.3, 0.4) is 0 Å². The Morgan fingerprint density at radius 1 is 1.48 bits per heavy atom. The van der Waals surface area contributed by atoms with Gasteiger partial charge in [0.15, 0.2) is 5.82 Å². The van der Waals surface area contributed by atoms with Gasteiger partial charge >= 0.3 is 0 Å². The number of benzene rings is 1. The van der Waals surface area contributed by atoms with Gasteiger partial charge in [-0.3, -0.25) is 10.2 Å². The molecule has 0 bridgehead atoms. The van der Waals surface area contributed by atoms with Crippen molar-refractivity contribution in [3.05, 3.63) is 28.5 Å². The number of hydrogen-bond acceptors (Lipinski definition) is 5. The summed E-state index contributed by atoms with van der Waals surface area (Å²) in [4.78, 5) is 14.7. The minimum absolute atomic E-state index is 0.156. The molecule has 1 heterocycles. The number of rotatable bonds is 5. The first-order chi connectivity index (χ1) is 10.1. The highest BCUT2D eigenvalue weighted by Gasteiger charge is 2.18. The van der Waals surface area contributed by atoms with E-state index in [2.05, 4.69) is 10.3 Å². The van der Waals surface area contributed by atoms with Gasteiger partial charge in [-0.25, -0.2) is 4.39 Å². The van der Waals surface area contributed by atoms with E-state index >= 15 is 0 Å². The number of carbonyl (C=O) groups is 1. The molecule has 2 rings (SSSR count). The summed E-state index contributed by atoms with van der Waals surface area (Å²) in [5.74, 6) is -1.05. The first-order valence-electron chi connectivity index (χ1n) is 6.43. The monoisotopic (exact) mass is 334 g/mol. The summed E-state index contributed by atoms with van der Waals surface area (Å²) in [6.45, 7) is 1.43. The second kappa shape index (κ2) is 7.84. The third-order valence-electron chi connectivity index (χ3n) is 3.04. The van der Waals surface area contributed by atoms with Crippen LogP contribution in [0.5, 0.6) is 5.75 Å². The SMILES string of the molecule is COc1cc(Cl)c(F)c(C(=O)NNSC2CCOCC2)c1. The largest absolute Gasteiger partial charge is 0.497 e. The number of hydrazine groups is 1. The number of nitrogens with one attached hydrogen (secondary N) is 2. The van der Waals surface area contributed by atoms with Crippen LogP contribution in [0.1, 0.15) is 23.2 Å². The van der Waals surface area contributed by atoms with Crippen molar-refractivity contribution in [3.63, 3.8) is 0 Å². The van der Waals surface area contributed by atoms with Crippen molar-refractivity contribution in [1.82, 2.24) is 10.3 Å². The van der Waals surface area contributed by atoms with E-state index in [4.69, 9.17) is 21.1 Å². The van der Waals surface area contributed by atoms with Gasteiger partial charge in [0.25, 0.3) is 5.91 Å². The van der Waals surface area contributed by atoms with Crippen molar-refractivity contribution >= 4 is 29.5 Å². The molecule has 0 saturated carbocycles. The molecule has 21 heavy (non-hydrogen) atoms. The van der Waals surface area contributed by atoms with Crippen LogP contribution in [-0.4, -0.2) is 31.5 Å². The lowest BCUT2D eigenvalue weighted by atomic mass is 10.2. The number of halogens is 2. The van der Waals surface area contributed by atoms with Gasteiger partial charge in [-0.2, -0.15) is 4.83 Å². The maximum absolute atomic E-state index is 13.9. The van der Waals surface area contributed by atoms with E-state index in [1.165, 1.54) is 31.2 Å². The third kappa shape index (κ3) is 4.47. The van der Waals surface area contributed by atoms with Crippen LogP contribution < -0.4 is 15.0 Å². The molecule has 1 aromatic rings. The summed E-state index contributed by atoms with van der Waals surface area (Å²) in [6.07, 6.45) is 1.82. The van der Waals surface area contributed by atoms with Gasteiger partial charge in [0.05, 0.1) is 17.7 Å². The molecule has 1 aliphatic rings. The number of amides is 1. The molecule has 0 atom stereocenters. The van der Waals surface area contributed by atoms with E-state index in [-0.39, 0.29) is 10.6 Å². The molecule has 0 spiro atoms. The van der Waals surface area contributed by atoms with Crippen LogP contribution in [0.2, 0.25) is 5.02 Å². The highest BCUT2D eigenvalue weighted by atomic mass is 35.5. The molecular weight excluding hydrogens is 319 g/mol. The molecule has 5 nitrogen and oxygen atoms in total. The maximum Gasteiger partial charge on any atom is 0.269 e. The molecule has 8 heteroatoms. The predicted molar refractivity (Wildman–Crippen MR) is 80.0 cm³/mol. The Bertz CT molecular complexity index is 512. The summed E-state index contributed by atoms with van der Waals surface area (Å²) in [5.41, 5.74) is 2.28. The second-order valence-electron chi connectivity index (χ2n) is 4.46. The number of carbonyl (C=O) groups excluding carboxylic acids is 1. The molecule has 0 aromatic heterocycles. The average Bonchev–Trinajstić information content (AvgIpc) is 2.50. The fraction of sp³-hybridized carbons (Fsp3) is 0.462. The normalized spacial score (nSPS) is 15.8. The predicted octanol–water partition coefficient (Wildman–Crippen LogP) is 2.55. The number of methoxy groups -OCH3 is 1. The minimum Gasteiger partial charge on any atom is -0.497 e. The molecule has 1 saturated heterocycles. The topological polar surface area (TPSA) is 59.6 Å². The van der Waals surface area contributed by atoms with Crippen molar-refractivity contribution in [2.45, 2.75) is 18.1 Å². The summed E-state index contributed by atoms with van der Waals surface area (Å²) in [5, 5.41) is 0.203. The van der Waals surface area contributed by atoms with Gasteiger partial charge in [0.1, 0.15) is 5.75 Å². The van der Waals surface area contributed by atoms with Gasteiger partial charge in [0.2, 0.25) is 0 Å². The fourth-order valence-electron chi connectivity index (χ4n) is 1.87. The Kier molecular flexibility index (Phi) is 6.10. The van der Waals surface area contributed by atoms with Gasteiger partial charge in [-0.15, -0.1) is 0 Å². The number of hydrogen-bond donors (Lipinski definition) is 2. The van der Waals surface area contributed by atoms with E-state index in [0.717, 1.165) is 12.8 Å². The fourth-order valence-corrected chi connectivity index (χ4v) is 2.82. The van der Waals surface area contributed by atoms with Crippen LogP contribution in [0.25, 0.3) is 0 Å². The van der Waals surface area contributed by atoms with Crippen LogP contribution in [-0.2, 0) is 4.74 Å². The first kappa shape index (κ1) is 16.4. The van der Waals surface area contributed by atoms with Crippen molar-refractivity contribution < 1.29 is 18.7 Å². The van der Waals surface area contributed by atoms with Crippen molar-refractivity contribution in [2.24, 2.45) is 0 Å². The average molecular weight is 335 g/mol. The zero-order valence-electron chi connectivity index (χ0n) is 11.4. The second-order valence-corrected chi connectivity index (χ2v) is 5.97. The lowest BCUT2D eigenvalue weighted by molar-refractivity contribution is 0.0940. The van der Waals surface area contributed by atoms with Gasteiger partial charge in [-0.1, -0.05) is 23.5 Å². The number of ether oxygens (including phenoxy) is 2. The Morgan fingerprint density at radius 2 is 2.19 bits per heavy atom. The van der Waals surface area contributed by atoms with Gasteiger partial charge in [-0.05, 0) is 18.9 Å². The van der Waals surface area contributed by atoms with Crippen molar-refractivity contribution in [3.8, 4) is 5.75 Å². The molecule has 1 aromatic carbocycles.